The van der Waals surface area contributed by atoms with Crippen LogP contribution in [0.2, 0.25) is 0 Å². The van der Waals surface area contributed by atoms with Gasteiger partial charge in [0.1, 0.15) is 6.04 Å². The molecular formula is C12H12INO4. The summed E-state index contributed by atoms with van der Waals surface area (Å²) in [5, 5.41) is 18.6. The third-order valence-electron chi connectivity index (χ3n) is 2.93. The van der Waals surface area contributed by atoms with Gasteiger partial charge in [0.15, 0.2) is 0 Å². The number of hydrogen-bond donors (Lipinski definition) is 2. The van der Waals surface area contributed by atoms with Crippen LogP contribution in [0.15, 0.2) is 24.3 Å². The highest BCUT2D eigenvalue weighted by atomic mass is 127. The minimum atomic E-state index is -1.08. The van der Waals surface area contributed by atoms with E-state index in [0.717, 1.165) is 3.57 Å². The van der Waals surface area contributed by atoms with Gasteiger partial charge in [0.05, 0.1) is 11.7 Å². The van der Waals surface area contributed by atoms with Crippen LogP contribution in [-0.4, -0.2) is 45.7 Å². The Morgan fingerprint density at radius 2 is 2.00 bits per heavy atom. The molecule has 1 heterocycles. The molecule has 1 aliphatic rings. The Bertz CT molecular complexity index is 491. The number of aliphatic carboxylic acids is 1. The van der Waals surface area contributed by atoms with E-state index in [2.05, 4.69) is 0 Å². The van der Waals surface area contributed by atoms with Gasteiger partial charge in [0.2, 0.25) is 0 Å². The average Bonchev–Trinajstić information content (AvgIpc) is 2.71. The zero-order valence-corrected chi connectivity index (χ0v) is 11.6. The molecule has 1 saturated heterocycles. The van der Waals surface area contributed by atoms with Gasteiger partial charge in [-0.2, -0.15) is 0 Å². The van der Waals surface area contributed by atoms with Crippen molar-refractivity contribution in [3.63, 3.8) is 0 Å². The number of carbonyl (C=O) groups excluding carboxylic acids is 1. The van der Waals surface area contributed by atoms with Crippen molar-refractivity contribution in [2.45, 2.75) is 18.6 Å². The topological polar surface area (TPSA) is 77.8 Å². The van der Waals surface area contributed by atoms with Crippen molar-refractivity contribution in [3.05, 3.63) is 33.4 Å². The molecule has 6 heteroatoms. The van der Waals surface area contributed by atoms with Crippen LogP contribution in [0, 0.1) is 3.57 Å². The number of rotatable bonds is 2. The Hall–Kier alpha value is -1.15. The lowest BCUT2D eigenvalue weighted by atomic mass is 10.1. The molecule has 0 spiro atoms. The summed E-state index contributed by atoms with van der Waals surface area (Å²) in [6.07, 6.45) is -0.679. The minimum absolute atomic E-state index is 0.0702. The van der Waals surface area contributed by atoms with Crippen molar-refractivity contribution >= 4 is 34.5 Å². The molecule has 2 rings (SSSR count). The fraction of sp³-hybridized carbons (Fsp3) is 0.333. The number of carbonyl (C=O) groups is 2. The van der Waals surface area contributed by atoms with Gasteiger partial charge < -0.3 is 15.1 Å². The molecule has 18 heavy (non-hydrogen) atoms. The van der Waals surface area contributed by atoms with Crippen molar-refractivity contribution in [1.82, 2.24) is 4.90 Å². The Balaban J connectivity index is 2.28. The Labute approximate surface area is 118 Å². The standard InChI is InChI=1S/C12H12INO4/c13-9-4-2-1-3-8(9)11(16)14-6-7(15)5-10(14)12(17)18/h1-4,7,10,15H,5-6H2,(H,17,18)/t7-,10-/m1/s1. The largest absolute Gasteiger partial charge is 0.480 e. The van der Waals surface area contributed by atoms with Crippen molar-refractivity contribution < 1.29 is 19.8 Å². The maximum absolute atomic E-state index is 12.3. The van der Waals surface area contributed by atoms with Gasteiger partial charge in [-0.05, 0) is 34.7 Å². The first-order valence-electron chi connectivity index (χ1n) is 5.47. The molecule has 0 bridgehead atoms. The number of likely N-dealkylation sites (tertiary alicyclic amines) is 1. The zero-order valence-electron chi connectivity index (χ0n) is 9.41. The molecule has 5 nitrogen and oxygen atoms in total. The van der Waals surface area contributed by atoms with Crippen LogP contribution in [0.25, 0.3) is 0 Å². The Morgan fingerprint density at radius 3 is 2.61 bits per heavy atom. The molecule has 2 N–H and O–H groups in total. The van der Waals surface area contributed by atoms with Gasteiger partial charge in [-0.25, -0.2) is 4.79 Å². The van der Waals surface area contributed by atoms with E-state index in [1.807, 2.05) is 28.7 Å². The molecule has 0 aromatic heterocycles. The van der Waals surface area contributed by atoms with E-state index in [9.17, 15) is 14.7 Å². The third kappa shape index (κ3) is 2.49. The summed E-state index contributed by atoms with van der Waals surface area (Å²) in [6.45, 7) is 0.0702. The first-order chi connectivity index (χ1) is 8.50. The molecule has 0 unspecified atom stereocenters. The van der Waals surface area contributed by atoms with Crippen LogP contribution in [0.3, 0.4) is 0 Å². The molecule has 0 saturated carbocycles. The SMILES string of the molecule is O=C(O)[C@H]1C[C@@H](O)CN1C(=O)c1ccccc1I. The number of β-amino-alcohol motifs (C(OH)–C–C–N with tert-alkyl or cyclic N) is 1. The molecule has 1 aromatic carbocycles. The van der Waals surface area contributed by atoms with Crippen molar-refractivity contribution in [2.24, 2.45) is 0 Å². The first kappa shape index (κ1) is 13.3. The number of aliphatic hydroxyl groups excluding tert-OH is 1. The summed E-state index contributed by atoms with van der Waals surface area (Å²) in [4.78, 5) is 24.6. The van der Waals surface area contributed by atoms with Gasteiger partial charge in [0.25, 0.3) is 5.91 Å². The molecule has 1 amide bonds. The highest BCUT2D eigenvalue weighted by Gasteiger charge is 2.39. The van der Waals surface area contributed by atoms with E-state index in [4.69, 9.17) is 5.11 Å². The van der Waals surface area contributed by atoms with Gasteiger partial charge in [-0.1, -0.05) is 12.1 Å². The molecule has 0 aliphatic carbocycles. The second-order valence-corrected chi connectivity index (χ2v) is 5.34. The lowest BCUT2D eigenvalue weighted by molar-refractivity contribution is -0.141. The van der Waals surface area contributed by atoms with Gasteiger partial charge in [0, 0.05) is 16.5 Å². The average molecular weight is 361 g/mol. The van der Waals surface area contributed by atoms with E-state index in [1.165, 1.54) is 4.90 Å². The predicted octanol–water partition coefficient (Wildman–Crippen LogP) is 0.951. The van der Waals surface area contributed by atoms with Gasteiger partial charge in [-0.3, -0.25) is 4.79 Å². The fourth-order valence-electron chi connectivity index (χ4n) is 2.06. The van der Waals surface area contributed by atoms with Gasteiger partial charge >= 0.3 is 5.97 Å². The highest BCUT2D eigenvalue weighted by molar-refractivity contribution is 14.1. The molecule has 2 atom stereocenters. The lowest BCUT2D eigenvalue weighted by Gasteiger charge is -2.21. The fourth-order valence-corrected chi connectivity index (χ4v) is 2.68. The molecule has 0 radical (unpaired) electrons. The number of carboxylic acids is 1. The van der Waals surface area contributed by atoms with Crippen LogP contribution in [0.4, 0.5) is 0 Å². The van der Waals surface area contributed by atoms with E-state index in [0.29, 0.717) is 5.56 Å². The summed E-state index contributed by atoms with van der Waals surface area (Å²) in [5.41, 5.74) is 0.471. The number of aliphatic hydroxyl groups is 1. The predicted molar refractivity (Wildman–Crippen MR) is 72.2 cm³/mol. The number of carboxylic acid groups (broad SMARTS) is 1. The summed E-state index contributed by atoms with van der Waals surface area (Å²) in [6, 6.07) is 6.05. The first-order valence-corrected chi connectivity index (χ1v) is 6.55. The normalized spacial score (nSPS) is 23.1. The van der Waals surface area contributed by atoms with Crippen LogP contribution in [-0.2, 0) is 4.79 Å². The van der Waals surface area contributed by atoms with Gasteiger partial charge in [-0.15, -0.1) is 0 Å². The van der Waals surface area contributed by atoms with E-state index >= 15 is 0 Å². The number of halogens is 1. The second kappa shape index (κ2) is 5.23. The zero-order chi connectivity index (χ0) is 13.3. The van der Waals surface area contributed by atoms with E-state index in [-0.39, 0.29) is 18.9 Å². The molecular weight excluding hydrogens is 349 g/mol. The summed E-state index contributed by atoms with van der Waals surface area (Å²) in [7, 11) is 0. The number of nitrogens with zero attached hydrogens (tertiary/aromatic N) is 1. The van der Waals surface area contributed by atoms with Crippen molar-refractivity contribution in [3.8, 4) is 0 Å². The highest BCUT2D eigenvalue weighted by Crippen LogP contribution is 2.22. The second-order valence-electron chi connectivity index (χ2n) is 4.18. The number of amides is 1. The maximum atomic E-state index is 12.3. The Kier molecular flexibility index (Phi) is 3.86. The Morgan fingerprint density at radius 1 is 1.33 bits per heavy atom. The smallest absolute Gasteiger partial charge is 0.326 e. The molecule has 96 valence electrons. The molecule has 1 aliphatic heterocycles. The van der Waals surface area contributed by atoms with Crippen molar-refractivity contribution in [2.75, 3.05) is 6.54 Å². The molecule has 1 aromatic rings. The summed E-state index contributed by atoms with van der Waals surface area (Å²) >= 11 is 2.03. The van der Waals surface area contributed by atoms with Crippen LogP contribution in [0.1, 0.15) is 16.8 Å². The number of benzene rings is 1. The van der Waals surface area contributed by atoms with E-state index < -0.39 is 18.1 Å². The van der Waals surface area contributed by atoms with Crippen LogP contribution >= 0.6 is 22.6 Å². The summed E-state index contributed by atoms with van der Waals surface area (Å²) < 4.78 is 0.769. The van der Waals surface area contributed by atoms with Crippen LogP contribution in [0.5, 0.6) is 0 Å². The summed E-state index contributed by atoms with van der Waals surface area (Å²) in [5.74, 6) is -1.42. The molecule has 1 fully saturated rings. The maximum Gasteiger partial charge on any atom is 0.326 e. The van der Waals surface area contributed by atoms with Crippen LogP contribution < -0.4 is 0 Å². The monoisotopic (exact) mass is 361 g/mol. The van der Waals surface area contributed by atoms with Crippen molar-refractivity contribution in [1.29, 1.82) is 0 Å². The third-order valence-corrected chi connectivity index (χ3v) is 3.87. The minimum Gasteiger partial charge on any atom is -0.480 e. The quantitative estimate of drug-likeness (QED) is 0.769. The lowest BCUT2D eigenvalue weighted by Crippen LogP contribution is -2.40. The number of hydrogen-bond acceptors (Lipinski definition) is 3. The van der Waals surface area contributed by atoms with E-state index in [1.54, 1.807) is 18.2 Å².